The van der Waals surface area contributed by atoms with Gasteiger partial charge in [0.25, 0.3) is 0 Å². The monoisotopic (exact) mass is 953 g/mol. The lowest BCUT2D eigenvalue weighted by Gasteiger charge is -2.27. The van der Waals surface area contributed by atoms with Crippen molar-refractivity contribution >= 4 is 109 Å². The predicted octanol–water partition coefficient (Wildman–Crippen LogP) is 16.9. The molecule has 0 bridgehead atoms. The number of benzene rings is 11. The minimum absolute atomic E-state index is 0.362. The van der Waals surface area contributed by atoms with E-state index in [-0.39, 0.29) is 0 Å². The third-order valence-electron chi connectivity index (χ3n) is 15.7. The van der Waals surface area contributed by atoms with Crippen molar-refractivity contribution in [2.45, 2.75) is 0 Å². The van der Waals surface area contributed by atoms with Gasteiger partial charge in [0.05, 0.1) is 77.9 Å². The number of para-hydroxylation sites is 9. The summed E-state index contributed by atoms with van der Waals surface area (Å²) in [5, 5.41) is 35.7. The maximum Gasteiger partial charge on any atom is 0.104 e. The first-order valence-corrected chi connectivity index (χ1v) is 25.2. The largest absolute Gasteiger partial charge is 0.307 e. The second kappa shape index (κ2) is 15.5. The van der Waals surface area contributed by atoms with Crippen LogP contribution in [0.1, 0.15) is 11.1 Å². The van der Waals surface area contributed by atoms with E-state index < -0.39 is 0 Å². The predicted molar refractivity (Wildman–Crippen MR) is 308 cm³/mol. The summed E-state index contributed by atoms with van der Waals surface area (Å²) in [6.07, 6.45) is 0. The molecule has 0 aliphatic rings. The van der Waals surface area contributed by atoms with Gasteiger partial charge in [-0.1, -0.05) is 176 Å². The van der Waals surface area contributed by atoms with Crippen molar-refractivity contribution in [2.75, 3.05) is 0 Å². The zero-order valence-electron chi connectivity index (χ0n) is 40.1. The molecule has 0 amide bonds. The Morgan fingerprint density at radius 2 is 0.467 bits per heavy atom. The van der Waals surface area contributed by atoms with Gasteiger partial charge in [0.15, 0.2) is 0 Å². The molecule has 0 aliphatic carbocycles. The van der Waals surface area contributed by atoms with Gasteiger partial charge in [0.2, 0.25) is 0 Å². The van der Waals surface area contributed by atoms with Crippen LogP contribution < -0.4 is 0 Å². The molecule has 16 aromatic rings. The molecule has 0 atom stereocenters. The van der Waals surface area contributed by atoms with Crippen LogP contribution in [0, 0.1) is 22.7 Å². The highest BCUT2D eigenvalue weighted by atomic mass is 15.1. The fraction of sp³-hybridized carbons (Fsp3) is 0. The van der Waals surface area contributed by atoms with Crippen LogP contribution >= 0.6 is 0 Å². The highest BCUT2D eigenvalue weighted by Crippen LogP contribution is 2.50. The molecule has 0 fully saturated rings. The van der Waals surface area contributed by atoms with Crippen molar-refractivity contribution in [1.29, 1.82) is 10.5 Å². The maximum absolute atomic E-state index is 12.7. The van der Waals surface area contributed by atoms with Crippen LogP contribution in [0.15, 0.2) is 237 Å². The Bertz CT molecular complexity index is 5060. The van der Waals surface area contributed by atoms with Gasteiger partial charge < -0.3 is 22.8 Å². The van der Waals surface area contributed by atoms with E-state index >= 15 is 0 Å². The van der Waals surface area contributed by atoms with Gasteiger partial charge >= 0.3 is 0 Å². The van der Waals surface area contributed by atoms with Crippen molar-refractivity contribution in [2.24, 2.45) is 0 Å². The van der Waals surface area contributed by atoms with Gasteiger partial charge in [0, 0.05) is 59.5 Å². The zero-order valence-corrected chi connectivity index (χ0v) is 40.1. The van der Waals surface area contributed by atoms with Gasteiger partial charge in [-0.2, -0.15) is 10.5 Å². The zero-order chi connectivity index (χ0) is 49.5. The fourth-order valence-electron chi connectivity index (χ4n) is 12.8. The van der Waals surface area contributed by atoms with Gasteiger partial charge in [-0.25, -0.2) is 0 Å². The minimum Gasteiger partial charge on any atom is -0.307 e. The molecule has 75 heavy (non-hydrogen) atoms. The van der Waals surface area contributed by atoms with Crippen LogP contribution in [-0.2, 0) is 0 Å². The molecule has 0 aliphatic heterocycles. The van der Waals surface area contributed by atoms with Gasteiger partial charge in [-0.05, 0) is 60.7 Å². The van der Waals surface area contributed by atoms with Crippen LogP contribution in [0.3, 0.4) is 0 Å². The molecule has 11 aromatic carbocycles. The van der Waals surface area contributed by atoms with E-state index in [1.54, 1.807) is 0 Å². The molecular formula is C68H39N7. The van der Waals surface area contributed by atoms with Crippen molar-refractivity contribution in [3.8, 4) is 40.6 Å². The maximum atomic E-state index is 12.7. The fourth-order valence-corrected chi connectivity index (χ4v) is 12.8. The normalized spacial score (nSPS) is 12.0. The highest BCUT2D eigenvalue weighted by Gasteiger charge is 2.35. The highest BCUT2D eigenvalue weighted by molar-refractivity contribution is 6.25. The molecule has 0 saturated carbocycles. The summed E-state index contributed by atoms with van der Waals surface area (Å²) < 4.78 is 11.6. The first-order chi connectivity index (χ1) is 37.2. The second-order valence-corrected chi connectivity index (χ2v) is 19.4. The third-order valence-corrected chi connectivity index (χ3v) is 15.7. The molecule has 16 rings (SSSR count). The summed E-state index contributed by atoms with van der Waals surface area (Å²) in [4.78, 5) is 0. The number of fused-ring (bicyclic) bond motifs is 16. The first-order valence-electron chi connectivity index (χ1n) is 25.2. The molecule has 0 saturated heterocycles. The number of rotatable bonds is 5. The number of nitriles is 2. The quantitative estimate of drug-likeness (QED) is 0.172. The van der Waals surface area contributed by atoms with E-state index in [1.807, 2.05) is 12.1 Å². The summed E-state index contributed by atoms with van der Waals surface area (Å²) in [7, 11) is 0. The van der Waals surface area contributed by atoms with Crippen molar-refractivity contribution in [3.63, 3.8) is 0 Å². The lowest BCUT2D eigenvalue weighted by atomic mass is 9.98. The second-order valence-electron chi connectivity index (χ2n) is 19.4. The molecule has 0 radical (unpaired) electrons. The van der Waals surface area contributed by atoms with Crippen LogP contribution in [0.4, 0.5) is 0 Å². The van der Waals surface area contributed by atoms with Gasteiger partial charge in [-0.15, -0.1) is 0 Å². The summed E-state index contributed by atoms with van der Waals surface area (Å²) in [6, 6.07) is 88.9. The van der Waals surface area contributed by atoms with Crippen LogP contribution in [0.25, 0.3) is 137 Å². The van der Waals surface area contributed by atoms with E-state index in [0.717, 1.165) is 115 Å². The average molecular weight is 954 g/mol. The molecule has 0 spiro atoms. The molecule has 5 aromatic heterocycles. The number of hydrogen-bond acceptors (Lipinski definition) is 2. The van der Waals surface area contributed by atoms with Gasteiger partial charge in [-0.3, -0.25) is 0 Å². The van der Waals surface area contributed by atoms with Crippen LogP contribution in [-0.4, -0.2) is 22.8 Å². The lowest BCUT2D eigenvalue weighted by molar-refractivity contribution is 1.02. The minimum atomic E-state index is 0.362. The molecule has 0 unspecified atom stereocenters. The summed E-state index contributed by atoms with van der Waals surface area (Å²) >= 11 is 0. The number of hydrogen-bond donors (Lipinski definition) is 0. The Kier molecular flexibility index (Phi) is 8.46. The molecule has 5 heterocycles. The summed E-state index contributed by atoms with van der Waals surface area (Å²) in [5.74, 6) is 0. The smallest absolute Gasteiger partial charge is 0.104 e. The molecule has 7 heteroatoms. The van der Waals surface area contributed by atoms with Gasteiger partial charge in [0.1, 0.15) is 23.3 Å². The van der Waals surface area contributed by atoms with Crippen molar-refractivity contribution in [3.05, 3.63) is 248 Å². The Labute approximate surface area is 428 Å². The van der Waals surface area contributed by atoms with E-state index in [9.17, 15) is 10.5 Å². The first kappa shape index (κ1) is 41.1. The summed E-state index contributed by atoms with van der Waals surface area (Å²) in [6.45, 7) is 0. The van der Waals surface area contributed by atoms with E-state index in [2.05, 4.69) is 259 Å². The van der Waals surface area contributed by atoms with E-state index in [4.69, 9.17) is 0 Å². The molecular weight excluding hydrogens is 915 g/mol. The van der Waals surface area contributed by atoms with Crippen molar-refractivity contribution < 1.29 is 0 Å². The average Bonchev–Trinajstić information content (AvgIpc) is 4.31. The SMILES string of the molecule is N#Cc1c(-n2c3ccccc3c3ccccc32)c(C#N)c(-n2c3ccccc3c3ccc4c5ccccc5n(-c5ccccc5)c4c32)c(-n2c3ccccc3c3ccccc32)c1-n1c2ccccc2c2ccccc21. The molecule has 0 N–H and O–H groups in total. The van der Waals surface area contributed by atoms with E-state index in [0.29, 0.717) is 33.9 Å². The Balaban J connectivity index is 1.26. The number of nitrogens with zero attached hydrogens (tertiary/aromatic N) is 7. The molecule has 7 nitrogen and oxygen atoms in total. The van der Waals surface area contributed by atoms with E-state index in [1.165, 1.54) is 0 Å². The van der Waals surface area contributed by atoms with Crippen LogP contribution in [0.2, 0.25) is 0 Å². The Hall–Kier alpha value is -10.6. The Morgan fingerprint density at radius 3 is 0.827 bits per heavy atom. The lowest BCUT2D eigenvalue weighted by Crippen LogP contribution is -2.17. The third kappa shape index (κ3) is 5.40. The topological polar surface area (TPSA) is 72.2 Å². The number of aromatic nitrogens is 5. The Morgan fingerprint density at radius 1 is 0.213 bits per heavy atom. The molecule has 346 valence electrons. The standard InChI is InChI=1S/C68H39N7/c69-40-53-63(72-56-31-13-4-22-43(56)44-23-5-14-32-57(44)72)54(41-70)67(75-62-37-19-11-29-50(62)52-39-38-51-49-28-10-12-30-55(49)71(64(51)65(52)75)42-20-2-1-3-21-42)68(74-60-35-17-8-26-47(60)48-27-9-18-36-61(48)74)66(53)73-58-33-15-6-24-45(58)46-25-7-16-34-59(46)73/h1-39H. The van der Waals surface area contributed by atoms with Crippen molar-refractivity contribution in [1.82, 2.24) is 22.8 Å². The summed E-state index contributed by atoms with van der Waals surface area (Å²) in [5.41, 5.74) is 13.8. The van der Waals surface area contributed by atoms with Crippen LogP contribution in [0.5, 0.6) is 0 Å².